The second-order valence-electron chi connectivity index (χ2n) is 8.21. The van der Waals surface area contributed by atoms with Crippen molar-refractivity contribution in [3.8, 4) is 0 Å². The molecular formula is C21H46FO7PS. The molecular weight excluding hydrogens is 446 g/mol. The third kappa shape index (κ3) is 34.7. The maximum absolute atomic E-state index is 12.9. The van der Waals surface area contributed by atoms with Crippen molar-refractivity contribution in [1.29, 1.82) is 0 Å². The zero-order chi connectivity index (χ0) is 24.0. The van der Waals surface area contributed by atoms with Crippen LogP contribution in [0.15, 0.2) is 0 Å². The van der Waals surface area contributed by atoms with Crippen molar-refractivity contribution >= 4 is 17.7 Å². The number of sulfone groups is 1. The summed E-state index contributed by atoms with van der Waals surface area (Å²) < 4.78 is 45.0. The fourth-order valence-electron chi connectivity index (χ4n) is 3.28. The summed E-state index contributed by atoms with van der Waals surface area (Å²) in [7, 11) is -7.99. The summed E-state index contributed by atoms with van der Waals surface area (Å²) in [6.07, 6.45) is 18.4. The van der Waals surface area contributed by atoms with Gasteiger partial charge in [-0.1, -0.05) is 103 Å². The molecule has 0 saturated heterocycles. The van der Waals surface area contributed by atoms with E-state index in [4.69, 9.17) is 24.4 Å². The van der Waals surface area contributed by atoms with Gasteiger partial charge in [0.05, 0.1) is 18.1 Å². The van der Waals surface area contributed by atoms with Gasteiger partial charge in [0.1, 0.15) is 6.17 Å². The van der Waals surface area contributed by atoms with Gasteiger partial charge in [0.25, 0.3) is 0 Å². The van der Waals surface area contributed by atoms with Gasteiger partial charge in [0, 0.05) is 0 Å². The lowest BCUT2D eigenvalue weighted by Gasteiger charge is -2.06. The predicted octanol–water partition coefficient (Wildman–Crippen LogP) is 5.06. The highest BCUT2D eigenvalue weighted by atomic mass is 32.2. The van der Waals surface area contributed by atoms with Crippen LogP contribution in [-0.2, 0) is 14.4 Å². The summed E-state index contributed by atoms with van der Waals surface area (Å²) in [5.41, 5.74) is 0. The average molecular weight is 493 g/mol. The second kappa shape index (κ2) is 21.8. The van der Waals surface area contributed by atoms with Gasteiger partial charge < -0.3 is 19.8 Å². The van der Waals surface area contributed by atoms with Gasteiger partial charge in [-0.25, -0.2) is 17.4 Å². The highest BCUT2D eigenvalue weighted by Crippen LogP contribution is 2.25. The van der Waals surface area contributed by atoms with Gasteiger partial charge in [-0.05, 0) is 6.42 Å². The molecule has 0 fully saturated rings. The lowest BCUT2D eigenvalue weighted by Crippen LogP contribution is -2.22. The molecule has 4 N–H and O–H groups in total. The molecule has 31 heavy (non-hydrogen) atoms. The molecule has 0 aliphatic rings. The Morgan fingerprint density at radius 2 is 1.00 bits per heavy atom. The standard InChI is InChI=1S/C21H43FO3S.H3O4P/c1-2-3-4-5-6-7-8-9-10-11-12-13-14-15-16-17-18-26(24,25)20-21(22)19-23;1-5(2,3)4/h21,23H,2-20H2,1H3;(H3,1,2,3,4). The van der Waals surface area contributed by atoms with Crippen LogP contribution in [0.4, 0.5) is 4.39 Å². The van der Waals surface area contributed by atoms with Crippen molar-refractivity contribution in [3.05, 3.63) is 0 Å². The number of rotatable bonds is 20. The fourth-order valence-corrected chi connectivity index (χ4v) is 4.75. The number of unbranched alkanes of at least 4 members (excludes halogenated alkanes) is 15. The Labute approximate surface area is 189 Å². The zero-order valence-electron chi connectivity index (χ0n) is 19.3. The number of hydrogen-bond acceptors (Lipinski definition) is 4. The van der Waals surface area contributed by atoms with E-state index in [0.29, 0.717) is 6.42 Å². The van der Waals surface area contributed by atoms with Gasteiger partial charge in [0.15, 0.2) is 9.84 Å². The van der Waals surface area contributed by atoms with Crippen molar-refractivity contribution in [2.45, 2.75) is 116 Å². The molecule has 0 bridgehead atoms. The molecule has 0 heterocycles. The summed E-state index contributed by atoms with van der Waals surface area (Å²) in [6, 6.07) is 0. The van der Waals surface area contributed by atoms with Crippen LogP contribution in [0.3, 0.4) is 0 Å². The van der Waals surface area contributed by atoms with E-state index in [0.717, 1.165) is 12.8 Å². The minimum Gasteiger partial charge on any atom is -0.393 e. The zero-order valence-corrected chi connectivity index (χ0v) is 21.0. The molecule has 10 heteroatoms. The van der Waals surface area contributed by atoms with Gasteiger partial charge in [0.2, 0.25) is 0 Å². The average Bonchev–Trinajstić information content (AvgIpc) is 2.66. The first kappa shape index (κ1) is 33.1. The summed E-state index contributed by atoms with van der Waals surface area (Å²) in [6.45, 7) is 1.55. The van der Waals surface area contributed by atoms with Crippen LogP contribution in [-0.4, -0.2) is 52.5 Å². The van der Waals surface area contributed by atoms with E-state index in [1.165, 1.54) is 83.5 Å². The van der Waals surface area contributed by atoms with Crippen molar-refractivity contribution in [1.82, 2.24) is 0 Å². The van der Waals surface area contributed by atoms with Crippen LogP contribution in [0, 0.1) is 0 Å². The summed E-state index contributed by atoms with van der Waals surface area (Å²) in [4.78, 5) is 21.6. The highest BCUT2D eigenvalue weighted by Gasteiger charge is 2.17. The van der Waals surface area contributed by atoms with Crippen LogP contribution in [0.1, 0.15) is 110 Å². The number of phosphoric acid groups is 1. The van der Waals surface area contributed by atoms with Crippen LogP contribution in [0.5, 0.6) is 0 Å². The molecule has 190 valence electrons. The number of aliphatic hydroxyl groups excluding tert-OH is 1. The second-order valence-corrected chi connectivity index (χ2v) is 11.5. The van der Waals surface area contributed by atoms with Crippen molar-refractivity contribution in [3.63, 3.8) is 0 Å². The topological polar surface area (TPSA) is 132 Å². The number of alkyl halides is 1. The molecule has 7 nitrogen and oxygen atoms in total. The maximum atomic E-state index is 12.9. The first-order chi connectivity index (χ1) is 14.5. The van der Waals surface area contributed by atoms with E-state index < -0.39 is 36.2 Å². The molecule has 0 aliphatic carbocycles. The smallest absolute Gasteiger partial charge is 0.393 e. The molecule has 0 aliphatic heterocycles. The summed E-state index contributed by atoms with van der Waals surface area (Å²) in [5.74, 6) is -0.492. The lowest BCUT2D eigenvalue weighted by molar-refractivity contribution is 0.193. The maximum Gasteiger partial charge on any atom is 0.466 e. The quantitative estimate of drug-likeness (QED) is 0.138. The molecule has 1 unspecified atom stereocenters. The Morgan fingerprint density at radius 1 is 0.710 bits per heavy atom. The molecule has 1 atom stereocenters. The van der Waals surface area contributed by atoms with E-state index in [1.807, 2.05) is 0 Å². The normalized spacial score (nSPS) is 13.0. The molecule has 0 aromatic heterocycles. The van der Waals surface area contributed by atoms with Crippen LogP contribution < -0.4 is 0 Å². The van der Waals surface area contributed by atoms with Crippen molar-refractivity contribution < 1.29 is 37.2 Å². The van der Waals surface area contributed by atoms with Gasteiger partial charge in [-0.15, -0.1) is 0 Å². The Kier molecular flexibility index (Phi) is 23.3. The predicted molar refractivity (Wildman–Crippen MR) is 124 cm³/mol. The first-order valence-corrected chi connectivity index (χ1v) is 15.1. The molecule has 0 aromatic rings. The Morgan fingerprint density at radius 3 is 1.29 bits per heavy atom. The van der Waals surface area contributed by atoms with Crippen LogP contribution >= 0.6 is 7.82 Å². The van der Waals surface area contributed by atoms with E-state index in [9.17, 15) is 12.8 Å². The Bertz CT molecular complexity index is 518. The van der Waals surface area contributed by atoms with Gasteiger partial charge in [-0.2, -0.15) is 0 Å². The minimum absolute atomic E-state index is 0.0475. The summed E-state index contributed by atoms with van der Waals surface area (Å²) in [5, 5.41) is 8.57. The van der Waals surface area contributed by atoms with E-state index in [-0.39, 0.29) is 5.75 Å². The third-order valence-corrected chi connectivity index (χ3v) is 6.72. The largest absolute Gasteiger partial charge is 0.466 e. The molecule has 0 rings (SSSR count). The Hall–Kier alpha value is -0.0500. The molecule has 0 aromatic carbocycles. The SMILES string of the molecule is CCCCCCCCCCCCCCCCCCS(=O)(=O)CC(F)CO.O=P(O)(O)O. The highest BCUT2D eigenvalue weighted by molar-refractivity contribution is 7.91. The third-order valence-electron chi connectivity index (χ3n) is 4.94. The van der Waals surface area contributed by atoms with Crippen LogP contribution in [0.25, 0.3) is 0 Å². The lowest BCUT2D eigenvalue weighted by atomic mass is 10.0. The van der Waals surface area contributed by atoms with Gasteiger partial charge in [-0.3, -0.25) is 0 Å². The number of aliphatic hydroxyl groups is 1. The number of halogens is 1. The minimum atomic E-state index is -4.64. The first-order valence-electron chi connectivity index (χ1n) is 11.8. The Balaban J connectivity index is 0. The van der Waals surface area contributed by atoms with E-state index >= 15 is 0 Å². The van der Waals surface area contributed by atoms with E-state index in [1.54, 1.807) is 0 Å². The number of hydrogen-bond donors (Lipinski definition) is 4. The van der Waals surface area contributed by atoms with E-state index in [2.05, 4.69) is 6.92 Å². The van der Waals surface area contributed by atoms with Crippen LogP contribution in [0.2, 0.25) is 0 Å². The molecule has 0 saturated carbocycles. The molecule has 0 amide bonds. The van der Waals surface area contributed by atoms with Crippen molar-refractivity contribution in [2.24, 2.45) is 0 Å². The molecule has 0 spiro atoms. The molecule has 0 radical (unpaired) electrons. The fraction of sp³-hybridized carbons (Fsp3) is 1.00. The monoisotopic (exact) mass is 492 g/mol. The van der Waals surface area contributed by atoms with Crippen molar-refractivity contribution in [2.75, 3.05) is 18.1 Å². The summed E-state index contributed by atoms with van der Waals surface area (Å²) >= 11 is 0. The van der Waals surface area contributed by atoms with Gasteiger partial charge >= 0.3 is 7.82 Å².